The lowest BCUT2D eigenvalue weighted by molar-refractivity contribution is 0.581. The fourth-order valence-electron chi connectivity index (χ4n) is 3.18. The summed E-state index contributed by atoms with van der Waals surface area (Å²) in [5.41, 5.74) is 2.16. The molecule has 1 fully saturated rings. The third-order valence-corrected chi connectivity index (χ3v) is 6.26. The predicted octanol–water partition coefficient (Wildman–Crippen LogP) is 0.818. The first-order chi connectivity index (χ1) is 12.4. The average Bonchev–Trinajstić information content (AvgIpc) is 3.21. The highest BCUT2D eigenvalue weighted by Crippen LogP contribution is 2.21. The maximum absolute atomic E-state index is 12.5. The van der Waals surface area contributed by atoms with Gasteiger partial charge in [-0.1, -0.05) is 0 Å². The molecule has 0 radical (unpaired) electrons. The highest BCUT2D eigenvalue weighted by molar-refractivity contribution is 7.89. The molecule has 3 heterocycles. The lowest BCUT2D eigenvalue weighted by Gasteiger charge is -2.17. The number of sulfonamides is 1. The Morgan fingerprint density at radius 3 is 2.58 bits per heavy atom. The first-order valence-corrected chi connectivity index (χ1v) is 10.2. The molecule has 3 rings (SSSR count). The van der Waals surface area contributed by atoms with Crippen molar-refractivity contribution in [2.24, 2.45) is 7.05 Å². The molecule has 1 aliphatic heterocycles. The Kier molecular flexibility index (Phi) is 5.42. The molecule has 0 amide bonds. The number of nitrogens with zero attached hydrogens (tertiary/aromatic N) is 5. The molecule has 0 spiro atoms. The fourth-order valence-corrected chi connectivity index (χ4v) is 4.65. The standard InChI is InChI=1S/C16H25N7O2S/c1-12-16(13(2)22(3)21-12)26(24,25)19-7-6-17-15-10-14(11-18-20-15)23-8-4-5-9-23/h10-11,19H,4-9H2,1-3H3,(H,17,20). The summed E-state index contributed by atoms with van der Waals surface area (Å²) >= 11 is 0. The molecule has 0 aromatic carbocycles. The minimum absolute atomic E-state index is 0.242. The normalized spacial score (nSPS) is 14.8. The van der Waals surface area contributed by atoms with Crippen LogP contribution in [0.25, 0.3) is 0 Å². The van der Waals surface area contributed by atoms with E-state index < -0.39 is 10.0 Å². The molecule has 1 saturated heterocycles. The van der Waals surface area contributed by atoms with Gasteiger partial charge in [0.2, 0.25) is 10.0 Å². The molecule has 10 heteroatoms. The average molecular weight is 379 g/mol. The molecule has 0 bridgehead atoms. The topological polar surface area (TPSA) is 105 Å². The van der Waals surface area contributed by atoms with Crippen LogP contribution in [-0.4, -0.2) is 54.6 Å². The van der Waals surface area contributed by atoms with Crippen LogP contribution in [0.3, 0.4) is 0 Å². The summed E-state index contributed by atoms with van der Waals surface area (Å²) in [6.45, 7) is 6.16. The van der Waals surface area contributed by atoms with E-state index in [0.29, 0.717) is 23.8 Å². The second kappa shape index (κ2) is 7.58. The van der Waals surface area contributed by atoms with Crippen molar-refractivity contribution in [1.29, 1.82) is 0 Å². The maximum atomic E-state index is 12.5. The number of nitrogens with one attached hydrogen (secondary N) is 2. The van der Waals surface area contributed by atoms with Gasteiger partial charge in [-0.25, -0.2) is 13.1 Å². The molecule has 9 nitrogen and oxygen atoms in total. The first kappa shape index (κ1) is 18.6. The molecule has 0 aliphatic carbocycles. The molecule has 2 aromatic heterocycles. The van der Waals surface area contributed by atoms with Crippen LogP contribution in [-0.2, 0) is 17.1 Å². The van der Waals surface area contributed by atoms with Crippen LogP contribution < -0.4 is 14.9 Å². The molecule has 0 unspecified atom stereocenters. The van der Waals surface area contributed by atoms with Gasteiger partial charge in [-0.3, -0.25) is 4.68 Å². The number of rotatable bonds is 7. The smallest absolute Gasteiger partial charge is 0.244 e. The van der Waals surface area contributed by atoms with E-state index in [4.69, 9.17) is 0 Å². The largest absolute Gasteiger partial charge is 0.370 e. The van der Waals surface area contributed by atoms with Gasteiger partial charge < -0.3 is 10.2 Å². The van der Waals surface area contributed by atoms with E-state index in [1.165, 1.54) is 12.8 Å². The van der Waals surface area contributed by atoms with Crippen molar-refractivity contribution in [1.82, 2.24) is 24.7 Å². The SMILES string of the molecule is Cc1nn(C)c(C)c1S(=O)(=O)NCCNc1cc(N2CCCC2)cnn1. The molecular formula is C16H25N7O2S. The van der Waals surface area contributed by atoms with Gasteiger partial charge in [0.15, 0.2) is 5.82 Å². The van der Waals surface area contributed by atoms with Crippen LogP contribution in [0.1, 0.15) is 24.2 Å². The van der Waals surface area contributed by atoms with E-state index in [9.17, 15) is 8.42 Å². The monoisotopic (exact) mass is 379 g/mol. The van der Waals surface area contributed by atoms with Gasteiger partial charge >= 0.3 is 0 Å². The van der Waals surface area contributed by atoms with Crippen molar-refractivity contribution < 1.29 is 8.42 Å². The summed E-state index contributed by atoms with van der Waals surface area (Å²) < 4.78 is 29.2. The lowest BCUT2D eigenvalue weighted by Crippen LogP contribution is -2.30. The van der Waals surface area contributed by atoms with Gasteiger partial charge in [-0.2, -0.15) is 10.2 Å². The van der Waals surface area contributed by atoms with Crippen LogP contribution in [0, 0.1) is 13.8 Å². The maximum Gasteiger partial charge on any atom is 0.244 e. The van der Waals surface area contributed by atoms with Gasteiger partial charge in [0, 0.05) is 39.3 Å². The molecule has 1 aliphatic rings. The van der Waals surface area contributed by atoms with Crippen LogP contribution >= 0.6 is 0 Å². The van der Waals surface area contributed by atoms with E-state index in [-0.39, 0.29) is 11.4 Å². The van der Waals surface area contributed by atoms with Crippen molar-refractivity contribution in [3.05, 3.63) is 23.7 Å². The lowest BCUT2D eigenvalue weighted by atomic mass is 10.4. The first-order valence-electron chi connectivity index (χ1n) is 8.70. The Morgan fingerprint density at radius 1 is 1.19 bits per heavy atom. The summed E-state index contributed by atoms with van der Waals surface area (Å²) in [5.74, 6) is 0.641. The minimum atomic E-state index is -3.59. The molecule has 2 aromatic rings. The van der Waals surface area contributed by atoms with Crippen LogP contribution in [0.15, 0.2) is 17.2 Å². The van der Waals surface area contributed by atoms with Crippen LogP contribution in [0.4, 0.5) is 11.5 Å². The molecule has 2 N–H and O–H groups in total. The Hall–Kier alpha value is -2.20. The minimum Gasteiger partial charge on any atom is -0.370 e. The van der Waals surface area contributed by atoms with Crippen molar-refractivity contribution in [2.45, 2.75) is 31.6 Å². The molecule has 142 valence electrons. The third-order valence-electron chi connectivity index (χ3n) is 4.55. The second-order valence-electron chi connectivity index (χ2n) is 6.44. The summed E-state index contributed by atoms with van der Waals surface area (Å²) in [4.78, 5) is 2.52. The molecular weight excluding hydrogens is 354 g/mol. The van der Waals surface area contributed by atoms with E-state index in [0.717, 1.165) is 18.8 Å². The second-order valence-corrected chi connectivity index (χ2v) is 8.15. The number of aryl methyl sites for hydroxylation is 2. The zero-order chi connectivity index (χ0) is 18.7. The van der Waals surface area contributed by atoms with Crippen LogP contribution in [0.5, 0.6) is 0 Å². The van der Waals surface area contributed by atoms with Crippen LogP contribution in [0.2, 0.25) is 0 Å². The van der Waals surface area contributed by atoms with E-state index in [1.54, 1.807) is 31.8 Å². The van der Waals surface area contributed by atoms with Gasteiger partial charge in [0.25, 0.3) is 0 Å². The van der Waals surface area contributed by atoms with E-state index in [1.807, 2.05) is 6.07 Å². The van der Waals surface area contributed by atoms with E-state index >= 15 is 0 Å². The number of hydrogen-bond acceptors (Lipinski definition) is 7. The Bertz CT molecular complexity index is 873. The number of anilines is 2. The molecule has 0 saturated carbocycles. The van der Waals surface area contributed by atoms with Crippen molar-refractivity contribution in [3.8, 4) is 0 Å². The quantitative estimate of drug-likeness (QED) is 0.686. The Morgan fingerprint density at radius 2 is 1.92 bits per heavy atom. The van der Waals surface area contributed by atoms with Gasteiger partial charge in [-0.05, 0) is 26.7 Å². The van der Waals surface area contributed by atoms with Gasteiger partial charge in [0.05, 0.1) is 23.3 Å². The van der Waals surface area contributed by atoms with Gasteiger partial charge in [-0.15, -0.1) is 5.10 Å². The van der Waals surface area contributed by atoms with Crippen molar-refractivity contribution in [3.63, 3.8) is 0 Å². The fraction of sp³-hybridized carbons (Fsp3) is 0.562. The summed E-state index contributed by atoms with van der Waals surface area (Å²) in [5, 5.41) is 15.4. The number of hydrogen-bond donors (Lipinski definition) is 2. The highest BCUT2D eigenvalue weighted by atomic mass is 32.2. The summed E-state index contributed by atoms with van der Waals surface area (Å²) in [6, 6.07) is 1.95. The Labute approximate surface area is 153 Å². The van der Waals surface area contributed by atoms with Crippen molar-refractivity contribution >= 4 is 21.5 Å². The third kappa shape index (κ3) is 3.96. The molecule has 26 heavy (non-hydrogen) atoms. The van der Waals surface area contributed by atoms with E-state index in [2.05, 4.69) is 30.2 Å². The highest BCUT2D eigenvalue weighted by Gasteiger charge is 2.23. The zero-order valence-electron chi connectivity index (χ0n) is 15.4. The Balaban J connectivity index is 1.56. The van der Waals surface area contributed by atoms with Gasteiger partial charge in [0.1, 0.15) is 4.90 Å². The van der Waals surface area contributed by atoms with Crippen molar-refractivity contribution in [2.75, 3.05) is 36.4 Å². The summed E-state index contributed by atoms with van der Waals surface area (Å²) in [7, 11) is -1.86. The zero-order valence-corrected chi connectivity index (χ0v) is 16.2. The predicted molar refractivity (Wildman–Crippen MR) is 99.8 cm³/mol. The number of aromatic nitrogens is 4. The molecule has 0 atom stereocenters. The summed E-state index contributed by atoms with van der Waals surface area (Å²) in [6.07, 6.45) is 4.15.